The van der Waals surface area contributed by atoms with E-state index >= 15 is 0 Å². The van der Waals surface area contributed by atoms with Crippen LogP contribution in [0.2, 0.25) is 5.15 Å². The van der Waals surface area contributed by atoms with Crippen molar-refractivity contribution in [2.75, 3.05) is 26.7 Å². The van der Waals surface area contributed by atoms with E-state index in [2.05, 4.69) is 34.8 Å². The van der Waals surface area contributed by atoms with Gasteiger partial charge in [0.2, 0.25) is 0 Å². The number of piperidine rings is 1. The Bertz CT molecular complexity index is 358. The van der Waals surface area contributed by atoms with E-state index in [0.29, 0.717) is 11.2 Å². The third-order valence-corrected chi connectivity index (χ3v) is 4.07. The van der Waals surface area contributed by atoms with Crippen molar-refractivity contribution in [1.82, 2.24) is 14.8 Å². The molecule has 0 spiro atoms. The van der Waals surface area contributed by atoms with Crippen molar-refractivity contribution >= 4 is 11.6 Å². The van der Waals surface area contributed by atoms with Crippen LogP contribution in [-0.2, 0) is 6.54 Å². The van der Waals surface area contributed by atoms with Crippen molar-refractivity contribution < 1.29 is 0 Å². The minimum absolute atomic E-state index is 0.567. The lowest BCUT2D eigenvalue weighted by atomic mass is 10.0. The van der Waals surface area contributed by atoms with E-state index in [4.69, 9.17) is 11.6 Å². The molecule has 3 nitrogen and oxygen atoms in total. The lowest BCUT2D eigenvalue weighted by Gasteiger charge is -2.36. The van der Waals surface area contributed by atoms with Gasteiger partial charge in [0.1, 0.15) is 5.15 Å². The highest BCUT2D eigenvalue weighted by Gasteiger charge is 2.21. The van der Waals surface area contributed by atoms with Crippen LogP contribution in [-0.4, -0.2) is 47.5 Å². The van der Waals surface area contributed by atoms with E-state index in [0.717, 1.165) is 6.54 Å². The molecule has 0 aliphatic carbocycles. The second-order valence-electron chi connectivity index (χ2n) is 5.07. The molecule has 0 saturated carbocycles. The minimum Gasteiger partial charge on any atom is -0.303 e. The van der Waals surface area contributed by atoms with Gasteiger partial charge in [0.25, 0.3) is 0 Å². The van der Waals surface area contributed by atoms with Gasteiger partial charge in [-0.2, -0.15) is 0 Å². The lowest BCUT2D eigenvalue weighted by Crippen LogP contribution is -2.42. The number of halogens is 1. The van der Waals surface area contributed by atoms with Crippen molar-refractivity contribution in [2.24, 2.45) is 0 Å². The summed E-state index contributed by atoms with van der Waals surface area (Å²) in [5, 5.41) is 0.567. The predicted octanol–water partition coefficient (Wildman–Crippen LogP) is 2.65. The van der Waals surface area contributed by atoms with Crippen LogP contribution in [0.3, 0.4) is 0 Å². The topological polar surface area (TPSA) is 19.4 Å². The van der Waals surface area contributed by atoms with Crippen molar-refractivity contribution in [2.45, 2.75) is 32.4 Å². The Kier molecular flexibility index (Phi) is 4.98. The van der Waals surface area contributed by atoms with Crippen LogP contribution in [0, 0.1) is 0 Å². The smallest absolute Gasteiger partial charge is 0.129 e. The maximum absolute atomic E-state index is 5.80. The van der Waals surface area contributed by atoms with Gasteiger partial charge in [0.05, 0.1) is 0 Å². The molecule has 2 rings (SSSR count). The third kappa shape index (κ3) is 3.67. The van der Waals surface area contributed by atoms with Crippen LogP contribution in [0.1, 0.15) is 25.3 Å². The van der Waals surface area contributed by atoms with Crippen LogP contribution in [0.5, 0.6) is 0 Å². The average Bonchev–Trinajstić information content (AvgIpc) is 2.41. The monoisotopic (exact) mass is 267 g/mol. The molecule has 0 radical (unpaired) electrons. The summed E-state index contributed by atoms with van der Waals surface area (Å²) < 4.78 is 0. The van der Waals surface area contributed by atoms with Gasteiger partial charge in [-0.1, -0.05) is 24.6 Å². The number of nitrogens with zero attached hydrogens (tertiary/aromatic N) is 3. The number of rotatable bonds is 4. The molecular formula is C14H22ClN3. The highest BCUT2D eigenvalue weighted by molar-refractivity contribution is 6.29. The Balaban J connectivity index is 1.85. The molecule has 0 aromatic carbocycles. The van der Waals surface area contributed by atoms with E-state index in [9.17, 15) is 0 Å². The van der Waals surface area contributed by atoms with Crippen molar-refractivity contribution in [3.63, 3.8) is 0 Å². The molecule has 1 aliphatic rings. The van der Waals surface area contributed by atoms with Gasteiger partial charge in [-0.15, -0.1) is 0 Å². The fourth-order valence-electron chi connectivity index (χ4n) is 2.59. The molecule has 1 saturated heterocycles. The first-order chi connectivity index (χ1) is 8.69. The van der Waals surface area contributed by atoms with Crippen LogP contribution in [0.25, 0.3) is 0 Å². The standard InChI is InChI=1S/C14H22ClN3/c1-3-18-8-6-13(7-9-18)17(2)11-12-4-5-14(15)16-10-12/h4-5,10,13H,3,6-9,11H2,1-2H3. The first kappa shape index (κ1) is 13.8. The van der Waals surface area contributed by atoms with Gasteiger partial charge < -0.3 is 4.90 Å². The van der Waals surface area contributed by atoms with Gasteiger partial charge in [-0.05, 0) is 51.2 Å². The van der Waals surface area contributed by atoms with E-state index in [1.54, 1.807) is 0 Å². The molecule has 0 amide bonds. The van der Waals surface area contributed by atoms with Crippen LogP contribution in [0.4, 0.5) is 0 Å². The van der Waals surface area contributed by atoms with Gasteiger partial charge in [0.15, 0.2) is 0 Å². The van der Waals surface area contributed by atoms with E-state index in [1.807, 2.05) is 12.3 Å². The first-order valence-electron chi connectivity index (χ1n) is 6.72. The maximum Gasteiger partial charge on any atom is 0.129 e. The Hall–Kier alpha value is -0.640. The second-order valence-corrected chi connectivity index (χ2v) is 5.46. The number of pyridine rings is 1. The zero-order valence-corrected chi connectivity index (χ0v) is 12.0. The van der Waals surface area contributed by atoms with Crippen molar-refractivity contribution in [1.29, 1.82) is 0 Å². The summed E-state index contributed by atoms with van der Waals surface area (Å²) in [6, 6.07) is 4.63. The fraction of sp³-hybridized carbons (Fsp3) is 0.643. The van der Waals surface area contributed by atoms with Gasteiger partial charge in [-0.3, -0.25) is 4.90 Å². The molecular weight excluding hydrogens is 246 g/mol. The number of hydrogen-bond donors (Lipinski definition) is 0. The summed E-state index contributed by atoms with van der Waals surface area (Å²) >= 11 is 5.80. The number of hydrogen-bond acceptors (Lipinski definition) is 3. The Labute approximate surface area is 115 Å². The minimum atomic E-state index is 0.567. The molecule has 0 bridgehead atoms. The zero-order valence-electron chi connectivity index (χ0n) is 11.3. The second kappa shape index (κ2) is 6.50. The molecule has 18 heavy (non-hydrogen) atoms. The SMILES string of the molecule is CCN1CCC(N(C)Cc2ccc(Cl)nc2)CC1. The summed E-state index contributed by atoms with van der Waals surface area (Å²) in [6.45, 7) is 6.83. The van der Waals surface area contributed by atoms with Crippen LogP contribution >= 0.6 is 11.6 Å². The molecule has 1 aliphatic heterocycles. The van der Waals surface area contributed by atoms with Gasteiger partial charge >= 0.3 is 0 Å². The van der Waals surface area contributed by atoms with E-state index in [1.165, 1.54) is 38.0 Å². The predicted molar refractivity (Wildman–Crippen MR) is 75.9 cm³/mol. The zero-order chi connectivity index (χ0) is 13.0. The summed E-state index contributed by atoms with van der Waals surface area (Å²) in [7, 11) is 2.21. The average molecular weight is 268 g/mol. The van der Waals surface area contributed by atoms with Gasteiger partial charge in [-0.25, -0.2) is 4.98 Å². The van der Waals surface area contributed by atoms with Crippen LogP contribution < -0.4 is 0 Å². The highest BCUT2D eigenvalue weighted by Crippen LogP contribution is 2.17. The molecule has 0 N–H and O–H groups in total. The Morgan fingerprint density at radius 2 is 2.11 bits per heavy atom. The lowest BCUT2D eigenvalue weighted by molar-refractivity contribution is 0.127. The van der Waals surface area contributed by atoms with E-state index in [-0.39, 0.29) is 0 Å². The normalized spacial score (nSPS) is 18.4. The van der Waals surface area contributed by atoms with Gasteiger partial charge in [0, 0.05) is 18.8 Å². The molecule has 0 unspecified atom stereocenters. The van der Waals surface area contributed by atoms with Crippen molar-refractivity contribution in [3.05, 3.63) is 29.0 Å². The van der Waals surface area contributed by atoms with E-state index < -0.39 is 0 Å². The van der Waals surface area contributed by atoms with Crippen LogP contribution in [0.15, 0.2) is 18.3 Å². The maximum atomic E-state index is 5.80. The fourth-order valence-corrected chi connectivity index (χ4v) is 2.71. The quantitative estimate of drug-likeness (QED) is 0.782. The molecule has 0 atom stereocenters. The molecule has 1 aromatic rings. The summed E-state index contributed by atoms with van der Waals surface area (Å²) in [5.74, 6) is 0. The third-order valence-electron chi connectivity index (χ3n) is 3.85. The first-order valence-corrected chi connectivity index (χ1v) is 7.10. The summed E-state index contributed by atoms with van der Waals surface area (Å²) in [6.07, 6.45) is 4.41. The summed E-state index contributed by atoms with van der Waals surface area (Å²) in [5.41, 5.74) is 1.24. The highest BCUT2D eigenvalue weighted by atomic mass is 35.5. The molecule has 100 valence electrons. The largest absolute Gasteiger partial charge is 0.303 e. The number of aromatic nitrogens is 1. The molecule has 1 fully saturated rings. The number of likely N-dealkylation sites (tertiary alicyclic amines) is 1. The van der Waals surface area contributed by atoms with Crippen molar-refractivity contribution in [3.8, 4) is 0 Å². The molecule has 1 aromatic heterocycles. The molecule has 2 heterocycles. The summed E-state index contributed by atoms with van der Waals surface area (Å²) in [4.78, 5) is 9.10. The molecule has 4 heteroatoms. The Morgan fingerprint density at radius 1 is 1.39 bits per heavy atom. The Morgan fingerprint density at radius 3 is 2.67 bits per heavy atom.